The molecule has 1 heterocycles. The molecule has 72 valence electrons. The van der Waals surface area contributed by atoms with E-state index in [9.17, 15) is 0 Å². The molecule has 1 rings (SSSR count). The maximum Gasteiger partial charge on any atom is 0.157 e. The zero-order valence-electron chi connectivity index (χ0n) is 7.73. The second kappa shape index (κ2) is 3.31. The molecule has 0 aliphatic carbocycles. The molecule has 0 atom stereocenters. The van der Waals surface area contributed by atoms with Crippen molar-refractivity contribution < 1.29 is 0 Å². The molecule has 2 N–H and O–H groups in total. The lowest BCUT2D eigenvalue weighted by molar-refractivity contribution is 0.545. The number of aromatic nitrogens is 2. The minimum atomic E-state index is -0.180. The molecule has 0 unspecified atom stereocenters. The van der Waals surface area contributed by atoms with Crippen molar-refractivity contribution in [2.45, 2.75) is 26.2 Å². The molecule has 0 saturated heterocycles. The van der Waals surface area contributed by atoms with Crippen molar-refractivity contribution in [1.29, 1.82) is 0 Å². The molecular weight excluding hydrogens is 209 g/mol. The second-order valence-electron chi connectivity index (χ2n) is 3.79. The first-order valence-electron chi connectivity index (χ1n) is 3.81. The van der Waals surface area contributed by atoms with Crippen LogP contribution in [0, 0.1) is 0 Å². The number of hydrogen-bond acceptors (Lipinski definition) is 3. The van der Waals surface area contributed by atoms with Crippen LogP contribution in [0.3, 0.4) is 0 Å². The zero-order chi connectivity index (χ0) is 10.2. The highest BCUT2D eigenvalue weighted by molar-refractivity contribution is 6.37. The Morgan fingerprint density at radius 1 is 1.08 bits per heavy atom. The van der Waals surface area contributed by atoms with Gasteiger partial charge in [0.25, 0.3) is 0 Å². The smallest absolute Gasteiger partial charge is 0.157 e. The molecule has 0 aliphatic heterocycles. The molecule has 1 aromatic heterocycles. The van der Waals surface area contributed by atoms with Crippen molar-refractivity contribution in [3.63, 3.8) is 0 Å². The van der Waals surface area contributed by atoms with E-state index >= 15 is 0 Å². The lowest BCUT2D eigenvalue weighted by atomic mass is 9.96. The Balaban J connectivity index is 3.29. The van der Waals surface area contributed by atoms with Gasteiger partial charge in [0.15, 0.2) is 10.3 Å². The van der Waals surface area contributed by atoms with Gasteiger partial charge in [0.05, 0.1) is 0 Å². The topological polar surface area (TPSA) is 51.8 Å². The van der Waals surface area contributed by atoms with E-state index in [-0.39, 0.29) is 21.4 Å². The van der Waals surface area contributed by atoms with Gasteiger partial charge in [-0.05, 0) is 0 Å². The van der Waals surface area contributed by atoms with E-state index in [2.05, 4.69) is 9.97 Å². The van der Waals surface area contributed by atoms with Crippen molar-refractivity contribution in [3.05, 3.63) is 16.1 Å². The number of halogens is 2. The minimum Gasteiger partial charge on any atom is -0.394 e. The molecule has 3 nitrogen and oxygen atoms in total. The van der Waals surface area contributed by atoms with Crippen molar-refractivity contribution in [2.75, 3.05) is 5.73 Å². The van der Waals surface area contributed by atoms with E-state index in [1.165, 1.54) is 0 Å². The Morgan fingerprint density at radius 3 is 1.77 bits per heavy atom. The maximum absolute atomic E-state index is 5.76. The van der Waals surface area contributed by atoms with Gasteiger partial charge in [0.1, 0.15) is 11.5 Å². The lowest BCUT2D eigenvalue weighted by Gasteiger charge is -2.17. The third-order valence-electron chi connectivity index (χ3n) is 1.52. The number of rotatable bonds is 0. The number of hydrogen-bond donors (Lipinski definition) is 1. The van der Waals surface area contributed by atoms with Gasteiger partial charge in [-0.25, -0.2) is 9.97 Å². The molecule has 0 bridgehead atoms. The van der Waals surface area contributed by atoms with Gasteiger partial charge >= 0.3 is 0 Å². The normalized spacial score (nSPS) is 11.8. The van der Waals surface area contributed by atoms with Crippen LogP contribution in [0.4, 0.5) is 5.69 Å². The molecule has 0 aromatic carbocycles. The summed E-state index contributed by atoms with van der Waals surface area (Å²) in [5, 5.41) is 0.426. The summed E-state index contributed by atoms with van der Waals surface area (Å²) in [6.45, 7) is 5.93. The number of nitrogens with two attached hydrogens (primary N) is 1. The SMILES string of the molecule is CC(C)(C)c1nc(Cl)c(N)c(Cl)n1. The summed E-state index contributed by atoms with van der Waals surface area (Å²) in [5.41, 5.74) is 5.56. The van der Waals surface area contributed by atoms with Gasteiger partial charge in [-0.1, -0.05) is 44.0 Å². The summed E-state index contributed by atoms with van der Waals surface area (Å²) in [5.74, 6) is 0.594. The van der Waals surface area contributed by atoms with Crippen LogP contribution >= 0.6 is 23.2 Å². The van der Waals surface area contributed by atoms with Crippen LogP contribution in [0.15, 0.2) is 0 Å². The maximum atomic E-state index is 5.76. The molecule has 0 saturated carbocycles. The van der Waals surface area contributed by atoms with E-state index in [0.717, 1.165) is 0 Å². The summed E-state index contributed by atoms with van der Waals surface area (Å²) >= 11 is 11.5. The van der Waals surface area contributed by atoms with Gasteiger partial charge in [-0.3, -0.25) is 0 Å². The Morgan fingerprint density at radius 2 is 1.46 bits per heavy atom. The highest BCUT2D eigenvalue weighted by Gasteiger charge is 2.20. The fourth-order valence-electron chi connectivity index (χ4n) is 0.752. The lowest BCUT2D eigenvalue weighted by Crippen LogP contribution is -2.16. The molecule has 5 heteroatoms. The third-order valence-corrected chi connectivity index (χ3v) is 2.10. The van der Waals surface area contributed by atoms with Crippen molar-refractivity contribution in [1.82, 2.24) is 9.97 Å². The number of nitrogen functional groups attached to an aromatic ring is 1. The standard InChI is InChI=1S/C8H11Cl2N3/c1-8(2,3)7-12-5(9)4(11)6(10)13-7/h11H2,1-3H3. The molecule has 0 aliphatic rings. The monoisotopic (exact) mass is 219 g/mol. The van der Waals surface area contributed by atoms with E-state index < -0.39 is 0 Å². The predicted molar refractivity (Wildman–Crippen MR) is 55.2 cm³/mol. The predicted octanol–water partition coefficient (Wildman–Crippen LogP) is 2.66. The van der Waals surface area contributed by atoms with Gasteiger partial charge in [0.2, 0.25) is 0 Å². The third kappa shape index (κ3) is 2.23. The van der Waals surface area contributed by atoms with Crippen molar-refractivity contribution >= 4 is 28.9 Å². The van der Waals surface area contributed by atoms with E-state index in [4.69, 9.17) is 28.9 Å². The number of nitrogens with zero attached hydrogens (tertiary/aromatic N) is 2. The second-order valence-corrected chi connectivity index (χ2v) is 4.51. The summed E-state index contributed by atoms with van der Waals surface area (Å²) in [7, 11) is 0. The van der Waals surface area contributed by atoms with E-state index in [1.54, 1.807) is 0 Å². The van der Waals surface area contributed by atoms with Crippen LogP contribution in [0.5, 0.6) is 0 Å². The molecular formula is C8H11Cl2N3. The highest BCUT2D eigenvalue weighted by atomic mass is 35.5. The van der Waals surface area contributed by atoms with Crippen LogP contribution in [-0.4, -0.2) is 9.97 Å². The molecule has 0 amide bonds. The summed E-state index contributed by atoms with van der Waals surface area (Å²) in [6.07, 6.45) is 0. The summed E-state index contributed by atoms with van der Waals surface area (Å²) in [6, 6.07) is 0. The summed E-state index contributed by atoms with van der Waals surface area (Å²) in [4.78, 5) is 8.10. The van der Waals surface area contributed by atoms with Gasteiger partial charge < -0.3 is 5.73 Å². The fraction of sp³-hybridized carbons (Fsp3) is 0.500. The molecule has 0 spiro atoms. The van der Waals surface area contributed by atoms with Crippen LogP contribution in [-0.2, 0) is 5.41 Å². The van der Waals surface area contributed by atoms with Crippen LogP contribution in [0.1, 0.15) is 26.6 Å². The van der Waals surface area contributed by atoms with Crippen LogP contribution in [0.2, 0.25) is 10.3 Å². The first-order valence-corrected chi connectivity index (χ1v) is 4.57. The molecule has 0 fully saturated rings. The number of anilines is 1. The average Bonchev–Trinajstić information content (AvgIpc) is 1.97. The Labute approximate surface area is 87.3 Å². The Bertz CT molecular complexity index is 308. The quantitative estimate of drug-likeness (QED) is 0.683. The van der Waals surface area contributed by atoms with Crippen LogP contribution < -0.4 is 5.73 Å². The van der Waals surface area contributed by atoms with Gasteiger partial charge in [-0.2, -0.15) is 0 Å². The molecule has 0 radical (unpaired) electrons. The first kappa shape index (κ1) is 10.5. The fourth-order valence-corrected chi connectivity index (χ4v) is 1.14. The van der Waals surface area contributed by atoms with Crippen molar-refractivity contribution in [3.8, 4) is 0 Å². The Kier molecular flexibility index (Phi) is 2.68. The largest absolute Gasteiger partial charge is 0.394 e. The Hall–Kier alpha value is -0.540. The van der Waals surface area contributed by atoms with Gasteiger partial charge in [0, 0.05) is 5.41 Å². The highest BCUT2D eigenvalue weighted by Crippen LogP contribution is 2.27. The van der Waals surface area contributed by atoms with E-state index in [1.807, 2.05) is 20.8 Å². The zero-order valence-corrected chi connectivity index (χ0v) is 9.24. The first-order chi connectivity index (χ1) is 5.82. The molecule has 1 aromatic rings. The van der Waals surface area contributed by atoms with Crippen LogP contribution in [0.25, 0.3) is 0 Å². The van der Waals surface area contributed by atoms with Crippen molar-refractivity contribution in [2.24, 2.45) is 0 Å². The molecule has 13 heavy (non-hydrogen) atoms. The average molecular weight is 220 g/mol. The van der Waals surface area contributed by atoms with E-state index in [0.29, 0.717) is 5.82 Å². The minimum absolute atomic E-state index is 0.180. The van der Waals surface area contributed by atoms with Gasteiger partial charge in [-0.15, -0.1) is 0 Å². The summed E-state index contributed by atoms with van der Waals surface area (Å²) < 4.78 is 0.